The first-order valence-electron chi connectivity index (χ1n) is 12.5. The molecule has 1 saturated heterocycles. The van der Waals surface area contributed by atoms with Gasteiger partial charge in [0, 0.05) is 19.0 Å². The summed E-state index contributed by atoms with van der Waals surface area (Å²) >= 11 is 0. The van der Waals surface area contributed by atoms with Crippen LogP contribution in [0.2, 0.25) is 0 Å². The summed E-state index contributed by atoms with van der Waals surface area (Å²) in [7, 11) is 0. The molecule has 3 aliphatic carbocycles. The molecule has 5 heteroatoms. The monoisotopic (exact) mass is 437 g/mol. The summed E-state index contributed by atoms with van der Waals surface area (Å²) < 4.78 is 26.1. The lowest BCUT2D eigenvalue weighted by atomic mass is 9.61. The lowest BCUT2D eigenvalue weighted by Crippen LogP contribution is -2.39. The first kappa shape index (κ1) is 23.4. The van der Waals surface area contributed by atoms with E-state index in [-0.39, 0.29) is 0 Å². The van der Waals surface area contributed by atoms with Crippen LogP contribution in [0.25, 0.3) is 0 Å². The van der Waals surface area contributed by atoms with Crippen molar-refractivity contribution < 1.29 is 19.0 Å². The molecule has 0 aromatic heterocycles. The molecule has 4 aliphatic rings. The summed E-state index contributed by atoms with van der Waals surface area (Å²) in [5.74, 6) is 1.36. The summed E-state index contributed by atoms with van der Waals surface area (Å²) in [6.45, 7) is 7.16. The Kier molecular flexibility index (Phi) is 7.24. The second-order valence-electron chi connectivity index (χ2n) is 11.2. The van der Waals surface area contributed by atoms with Crippen molar-refractivity contribution in [3.63, 3.8) is 0 Å². The second kappa shape index (κ2) is 9.61. The molecule has 176 valence electrons. The van der Waals surface area contributed by atoms with Crippen molar-refractivity contribution in [2.24, 2.45) is 29.1 Å². The Bertz CT molecular complexity index is 681. The van der Waals surface area contributed by atoms with Crippen LogP contribution in [0, 0.1) is 29.1 Å². The van der Waals surface area contributed by atoms with Crippen LogP contribution in [0.1, 0.15) is 71.6 Å². The predicted octanol–water partition coefficient (Wildman–Crippen LogP) is 5.18. The fourth-order valence-electron chi connectivity index (χ4n) is 7.51. The van der Waals surface area contributed by atoms with Gasteiger partial charge in [-0.15, -0.1) is 0 Å². The highest BCUT2D eigenvalue weighted by Gasteiger charge is 2.51. The molecule has 3 nitrogen and oxygen atoms in total. The highest BCUT2D eigenvalue weighted by molar-refractivity contribution is 5.26. The molecule has 0 aromatic carbocycles. The molecule has 4 fully saturated rings. The Morgan fingerprint density at radius 2 is 1.87 bits per heavy atom. The van der Waals surface area contributed by atoms with Crippen molar-refractivity contribution in [1.82, 2.24) is 4.90 Å². The fraction of sp³-hybridized carbons (Fsp3) is 0.846. The van der Waals surface area contributed by atoms with Crippen LogP contribution >= 0.6 is 0 Å². The van der Waals surface area contributed by atoms with Gasteiger partial charge in [-0.25, -0.2) is 8.78 Å². The van der Waals surface area contributed by atoms with Crippen molar-refractivity contribution >= 4 is 0 Å². The van der Waals surface area contributed by atoms with E-state index in [2.05, 4.69) is 30.9 Å². The van der Waals surface area contributed by atoms with Crippen LogP contribution in [0.3, 0.4) is 0 Å². The van der Waals surface area contributed by atoms with E-state index in [0.717, 1.165) is 25.1 Å². The zero-order chi connectivity index (χ0) is 22.2. The molecule has 31 heavy (non-hydrogen) atoms. The third-order valence-electron chi connectivity index (χ3n) is 9.01. The van der Waals surface area contributed by atoms with Gasteiger partial charge in [0.15, 0.2) is 0 Å². The largest absolute Gasteiger partial charge is 0.393 e. The first-order valence-corrected chi connectivity index (χ1v) is 12.5. The van der Waals surface area contributed by atoms with Crippen molar-refractivity contribution in [2.75, 3.05) is 19.6 Å². The number of likely N-dealkylation sites (tertiary alicyclic amines) is 1. The smallest absolute Gasteiger partial charge is 0.242 e. The van der Waals surface area contributed by atoms with Gasteiger partial charge in [-0.3, -0.25) is 0 Å². The predicted molar refractivity (Wildman–Crippen MR) is 120 cm³/mol. The first-order chi connectivity index (χ1) is 14.8. The minimum Gasteiger partial charge on any atom is -0.393 e. The van der Waals surface area contributed by atoms with Crippen molar-refractivity contribution in [3.05, 3.63) is 23.3 Å². The van der Waals surface area contributed by atoms with Gasteiger partial charge in [0.05, 0.1) is 12.2 Å². The molecule has 2 unspecified atom stereocenters. The molecule has 4 rings (SSSR count). The van der Waals surface area contributed by atoms with E-state index >= 15 is 0 Å². The standard InChI is InChI=1S/C26H41F2NO2/c1-17(15-29-11-9-20(16-29)25(27)28)23-7-8-24-19(4-3-10-26(23,24)2)6-5-18-12-21(30)14-22(31)13-18/h5-6,17,20-25,30-31H,3-4,7-16H2,1-2H3/t17?,20?,21-,22+,23-,24+,26-/m1/s1. The fourth-order valence-corrected chi connectivity index (χ4v) is 7.51. The van der Waals surface area contributed by atoms with Crippen molar-refractivity contribution in [2.45, 2.75) is 90.3 Å². The lowest BCUT2D eigenvalue weighted by Gasteiger charge is -2.45. The van der Waals surface area contributed by atoms with E-state index in [0.29, 0.717) is 55.4 Å². The van der Waals surface area contributed by atoms with Gasteiger partial charge in [0.2, 0.25) is 6.43 Å². The molecule has 0 spiro atoms. The number of allylic oxidation sites excluding steroid dienone is 3. The van der Waals surface area contributed by atoms with Gasteiger partial charge in [0.1, 0.15) is 0 Å². The number of fused-ring (bicyclic) bond motifs is 1. The maximum Gasteiger partial charge on any atom is 0.242 e. The maximum absolute atomic E-state index is 13.1. The third-order valence-corrected chi connectivity index (χ3v) is 9.01. The topological polar surface area (TPSA) is 43.7 Å². The SMILES string of the molecule is CC(CN1CCC(C(F)F)C1)[C@H]1CC[C@H]2C(=CC=C3C[C@@H](O)C[C@@H](O)C3)CCC[C@]12C. The van der Waals surface area contributed by atoms with E-state index in [1.807, 2.05) is 0 Å². The number of aliphatic hydroxyl groups excluding tert-OH is 2. The Hall–Kier alpha value is -0.780. The minimum absolute atomic E-state index is 0.301. The number of rotatable bonds is 5. The normalized spacial score (nSPS) is 43.1. The number of hydrogen-bond acceptors (Lipinski definition) is 3. The molecule has 7 atom stereocenters. The average Bonchev–Trinajstić information content (AvgIpc) is 3.29. The molecule has 1 heterocycles. The van der Waals surface area contributed by atoms with Crippen LogP contribution in [-0.2, 0) is 0 Å². The van der Waals surface area contributed by atoms with Gasteiger partial charge in [-0.05, 0) is 87.5 Å². The Morgan fingerprint density at radius 3 is 2.55 bits per heavy atom. The highest BCUT2D eigenvalue weighted by Crippen LogP contribution is 2.59. The van der Waals surface area contributed by atoms with E-state index in [4.69, 9.17) is 0 Å². The second-order valence-corrected chi connectivity index (χ2v) is 11.2. The number of halogens is 2. The van der Waals surface area contributed by atoms with Crippen molar-refractivity contribution in [1.29, 1.82) is 0 Å². The Morgan fingerprint density at radius 1 is 1.13 bits per heavy atom. The molecule has 1 aliphatic heterocycles. The minimum atomic E-state index is -2.18. The molecular formula is C26H41F2NO2. The summed E-state index contributed by atoms with van der Waals surface area (Å²) in [6, 6.07) is 0. The third kappa shape index (κ3) is 5.09. The van der Waals surface area contributed by atoms with E-state index in [1.165, 1.54) is 25.7 Å². The highest BCUT2D eigenvalue weighted by atomic mass is 19.3. The van der Waals surface area contributed by atoms with Crippen LogP contribution in [0.4, 0.5) is 8.78 Å². The van der Waals surface area contributed by atoms with Gasteiger partial charge in [0.25, 0.3) is 0 Å². The quantitative estimate of drug-likeness (QED) is 0.623. The molecule has 0 aromatic rings. The number of alkyl halides is 2. The molecule has 0 amide bonds. The molecular weight excluding hydrogens is 396 g/mol. The van der Waals surface area contributed by atoms with Gasteiger partial charge in [-0.1, -0.05) is 37.1 Å². The lowest BCUT2D eigenvalue weighted by molar-refractivity contribution is 0.0609. The van der Waals surface area contributed by atoms with Crippen LogP contribution in [0.5, 0.6) is 0 Å². The van der Waals surface area contributed by atoms with Crippen LogP contribution in [0.15, 0.2) is 23.3 Å². The van der Waals surface area contributed by atoms with E-state index in [1.54, 1.807) is 5.57 Å². The van der Waals surface area contributed by atoms with E-state index < -0.39 is 24.6 Å². The number of nitrogens with zero attached hydrogens (tertiary/aromatic N) is 1. The van der Waals surface area contributed by atoms with Gasteiger partial charge >= 0.3 is 0 Å². The van der Waals surface area contributed by atoms with Crippen LogP contribution < -0.4 is 0 Å². The maximum atomic E-state index is 13.1. The number of hydrogen-bond donors (Lipinski definition) is 2. The summed E-state index contributed by atoms with van der Waals surface area (Å²) in [6.07, 6.45) is 10.0. The summed E-state index contributed by atoms with van der Waals surface area (Å²) in [5.41, 5.74) is 3.01. The average molecular weight is 438 g/mol. The molecule has 3 saturated carbocycles. The Labute approximate surface area is 186 Å². The van der Waals surface area contributed by atoms with Crippen molar-refractivity contribution in [3.8, 4) is 0 Å². The number of aliphatic hydroxyl groups is 2. The zero-order valence-corrected chi connectivity index (χ0v) is 19.3. The molecule has 0 bridgehead atoms. The van der Waals surface area contributed by atoms with Gasteiger partial charge < -0.3 is 15.1 Å². The summed E-state index contributed by atoms with van der Waals surface area (Å²) in [4.78, 5) is 2.28. The summed E-state index contributed by atoms with van der Waals surface area (Å²) in [5, 5.41) is 19.9. The molecule has 2 N–H and O–H groups in total. The zero-order valence-electron chi connectivity index (χ0n) is 19.3. The van der Waals surface area contributed by atoms with Crippen LogP contribution in [-0.4, -0.2) is 53.4 Å². The Balaban J connectivity index is 1.41. The molecule has 0 radical (unpaired) electrons. The van der Waals surface area contributed by atoms with Gasteiger partial charge in [-0.2, -0.15) is 0 Å². The van der Waals surface area contributed by atoms with E-state index in [9.17, 15) is 19.0 Å².